The fourth-order valence-corrected chi connectivity index (χ4v) is 3.82. The highest BCUT2D eigenvalue weighted by Gasteiger charge is 2.19. The highest BCUT2D eigenvalue weighted by molar-refractivity contribution is 6.31. The lowest BCUT2D eigenvalue weighted by Crippen LogP contribution is -2.38. The SMILES string of the molecule is CCNC(=NCc1cccc(CN2CCCC2=O)c1)NC(C)c1ccccc1Cl. The molecule has 1 aliphatic rings. The minimum atomic E-state index is 0.0361. The number of guanidine groups is 1. The van der Waals surface area contributed by atoms with Gasteiger partial charge in [-0.3, -0.25) is 4.79 Å². The molecule has 3 rings (SSSR count). The lowest BCUT2D eigenvalue weighted by Gasteiger charge is -2.19. The van der Waals surface area contributed by atoms with Crippen LogP contribution in [0.2, 0.25) is 5.02 Å². The zero-order chi connectivity index (χ0) is 20.6. The van der Waals surface area contributed by atoms with Crippen LogP contribution in [0.1, 0.15) is 49.4 Å². The van der Waals surface area contributed by atoms with Crippen LogP contribution in [0.25, 0.3) is 0 Å². The molecule has 0 radical (unpaired) electrons. The molecule has 29 heavy (non-hydrogen) atoms. The zero-order valence-corrected chi connectivity index (χ0v) is 17.9. The van der Waals surface area contributed by atoms with Crippen molar-refractivity contribution in [1.29, 1.82) is 0 Å². The summed E-state index contributed by atoms with van der Waals surface area (Å²) in [5, 5.41) is 7.46. The predicted molar refractivity (Wildman–Crippen MR) is 119 cm³/mol. The molecule has 2 N–H and O–H groups in total. The summed E-state index contributed by atoms with van der Waals surface area (Å²) in [5.74, 6) is 1.00. The van der Waals surface area contributed by atoms with Crippen molar-refractivity contribution >= 4 is 23.5 Å². The van der Waals surface area contributed by atoms with Crippen LogP contribution in [0.5, 0.6) is 0 Å². The fourth-order valence-electron chi connectivity index (χ4n) is 3.52. The molecular weight excluding hydrogens is 384 g/mol. The van der Waals surface area contributed by atoms with E-state index in [1.807, 2.05) is 42.2 Å². The van der Waals surface area contributed by atoms with Crippen LogP contribution in [0.3, 0.4) is 0 Å². The lowest BCUT2D eigenvalue weighted by molar-refractivity contribution is -0.128. The Labute approximate surface area is 178 Å². The summed E-state index contributed by atoms with van der Waals surface area (Å²) in [6, 6.07) is 16.2. The van der Waals surface area contributed by atoms with E-state index >= 15 is 0 Å². The number of carbonyl (C=O) groups excluding carboxylic acids is 1. The monoisotopic (exact) mass is 412 g/mol. The van der Waals surface area contributed by atoms with Crippen molar-refractivity contribution in [1.82, 2.24) is 15.5 Å². The molecule has 1 fully saturated rings. The van der Waals surface area contributed by atoms with Crippen molar-refractivity contribution in [3.05, 3.63) is 70.2 Å². The van der Waals surface area contributed by atoms with Crippen molar-refractivity contribution in [2.24, 2.45) is 4.99 Å². The van der Waals surface area contributed by atoms with Crippen LogP contribution in [-0.4, -0.2) is 29.9 Å². The highest BCUT2D eigenvalue weighted by Crippen LogP contribution is 2.22. The smallest absolute Gasteiger partial charge is 0.222 e. The van der Waals surface area contributed by atoms with Crippen molar-refractivity contribution in [3.8, 4) is 0 Å². The predicted octanol–water partition coefficient (Wildman–Crippen LogP) is 4.28. The number of carbonyl (C=O) groups is 1. The molecule has 1 amide bonds. The van der Waals surface area contributed by atoms with Crippen LogP contribution in [-0.2, 0) is 17.9 Å². The van der Waals surface area contributed by atoms with Gasteiger partial charge in [-0.05, 0) is 43.0 Å². The minimum Gasteiger partial charge on any atom is -0.357 e. The molecular formula is C23H29ClN4O. The van der Waals surface area contributed by atoms with E-state index in [-0.39, 0.29) is 11.9 Å². The summed E-state index contributed by atoms with van der Waals surface area (Å²) in [7, 11) is 0. The lowest BCUT2D eigenvalue weighted by atomic mass is 10.1. The number of nitrogens with one attached hydrogen (secondary N) is 2. The Balaban J connectivity index is 1.66. The number of aliphatic imine (C=N–C) groups is 1. The van der Waals surface area contributed by atoms with Gasteiger partial charge in [-0.15, -0.1) is 0 Å². The first-order chi connectivity index (χ1) is 14.1. The van der Waals surface area contributed by atoms with Gasteiger partial charge in [-0.2, -0.15) is 0 Å². The Bertz CT molecular complexity index is 867. The van der Waals surface area contributed by atoms with E-state index in [1.165, 1.54) is 0 Å². The van der Waals surface area contributed by atoms with E-state index in [9.17, 15) is 4.79 Å². The molecule has 1 atom stereocenters. The van der Waals surface area contributed by atoms with Crippen molar-refractivity contribution in [2.45, 2.75) is 45.8 Å². The first kappa shape index (κ1) is 21.2. The molecule has 0 bridgehead atoms. The molecule has 1 unspecified atom stereocenters. The number of halogens is 1. The van der Waals surface area contributed by atoms with Crippen LogP contribution >= 0.6 is 11.6 Å². The van der Waals surface area contributed by atoms with Crippen LogP contribution < -0.4 is 10.6 Å². The maximum atomic E-state index is 11.9. The third kappa shape index (κ3) is 5.97. The van der Waals surface area contributed by atoms with E-state index in [1.54, 1.807) is 0 Å². The molecule has 1 aliphatic heterocycles. The van der Waals surface area contributed by atoms with E-state index in [0.29, 0.717) is 19.5 Å². The minimum absolute atomic E-state index is 0.0361. The molecule has 1 saturated heterocycles. The molecule has 2 aromatic rings. The Kier molecular flexibility index (Phi) is 7.53. The zero-order valence-electron chi connectivity index (χ0n) is 17.1. The van der Waals surface area contributed by atoms with Gasteiger partial charge in [-0.1, -0.05) is 54.1 Å². The second-order valence-corrected chi connectivity index (χ2v) is 7.73. The number of benzene rings is 2. The third-order valence-electron chi connectivity index (χ3n) is 5.03. The van der Waals surface area contributed by atoms with Crippen LogP contribution in [0.15, 0.2) is 53.5 Å². The highest BCUT2D eigenvalue weighted by atomic mass is 35.5. The largest absolute Gasteiger partial charge is 0.357 e. The van der Waals surface area contributed by atoms with E-state index in [4.69, 9.17) is 16.6 Å². The Morgan fingerprint density at radius 3 is 2.72 bits per heavy atom. The van der Waals surface area contributed by atoms with Gasteiger partial charge < -0.3 is 15.5 Å². The third-order valence-corrected chi connectivity index (χ3v) is 5.37. The summed E-state index contributed by atoms with van der Waals surface area (Å²) < 4.78 is 0. The molecule has 154 valence electrons. The first-order valence-electron chi connectivity index (χ1n) is 10.2. The Hall–Kier alpha value is -2.53. The number of nitrogens with zero attached hydrogens (tertiary/aromatic N) is 2. The fraction of sp³-hybridized carbons (Fsp3) is 0.391. The number of hydrogen-bond acceptors (Lipinski definition) is 2. The molecule has 2 aromatic carbocycles. The normalized spacial score (nSPS) is 15.5. The van der Waals surface area contributed by atoms with Gasteiger partial charge in [0.15, 0.2) is 5.96 Å². The summed E-state index contributed by atoms with van der Waals surface area (Å²) in [6.45, 7) is 6.99. The second kappa shape index (κ2) is 10.3. The maximum Gasteiger partial charge on any atom is 0.222 e. The number of rotatable bonds is 7. The van der Waals surface area contributed by atoms with E-state index in [2.05, 4.69) is 35.8 Å². The number of hydrogen-bond donors (Lipinski definition) is 2. The standard InChI is InChI=1S/C23H29ClN4O/c1-3-25-23(27-17(2)20-10-4-5-11-21(20)24)26-15-18-8-6-9-19(14-18)16-28-13-7-12-22(28)29/h4-6,8-11,14,17H,3,7,12-13,15-16H2,1-2H3,(H2,25,26,27). The van der Waals surface area contributed by atoms with Crippen LogP contribution in [0.4, 0.5) is 0 Å². The Morgan fingerprint density at radius 2 is 2.00 bits per heavy atom. The van der Waals surface area contributed by atoms with Gasteiger partial charge in [0.1, 0.15) is 0 Å². The molecule has 1 heterocycles. The summed E-state index contributed by atoms with van der Waals surface area (Å²) in [5.41, 5.74) is 3.31. The second-order valence-electron chi connectivity index (χ2n) is 7.32. The first-order valence-corrected chi connectivity index (χ1v) is 10.6. The topological polar surface area (TPSA) is 56.7 Å². The number of likely N-dealkylation sites (tertiary alicyclic amines) is 1. The summed E-state index contributed by atoms with van der Waals surface area (Å²) >= 11 is 6.32. The van der Waals surface area contributed by atoms with Crippen LogP contribution in [0, 0.1) is 0 Å². The number of amides is 1. The molecule has 0 saturated carbocycles. The van der Waals surface area contributed by atoms with Crippen molar-refractivity contribution in [2.75, 3.05) is 13.1 Å². The van der Waals surface area contributed by atoms with Crippen molar-refractivity contribution < 1.29 is 4.79 Å². The summed E-state index contributed by atoms with van der Waals surface area (Å²) in [6.07, 6.45) is 1.63. The average molecular weight is 413 g/mol. The quantitative estimate of drug-likeness (QED) is 0.527. The van der Waals surface area contributed by atoms with E-state index in [0.717, 1.165) is 47.2 Å². The maximum absolute atomic E-state index is 11.9. The van der Waals surface area contributed by atoms with E-state index < -0.39 is 0 Å². The van der Waals surface area contributed by atoms with Gasteiger partial charge in [-0.25, -0.2) is 4.99 Å². The molecule has 6 heteroatoms. The van der Waals surface area contributed by atoms with Gasteiger partial charge >= 0.3 is 0 Å². The molecule has 5 nitrogen and oxygen atoms in total. The van der Waals surface area contributed by atoms with Gasteiger partial charge in [0.25, 0.3) is 0 Å². The molecule has 0 aromatic heterocycles. The average Bonchev–Trinajstić information content (AvgIpc) is 3.11. The summed E-state index contributed by atoms with van der Waals surface area (Å²) in [4.78, 5) is 18.5. The van der Waals surface area contributed by atoms with Gasteiger partial charge in [0, 0.05) is 31.1 Å². The van der Waals surface area contributed by atoms with Gasteiger partial charge in [0.2, 0.25) is 5.91 Å². The molecule has 0 spiro atoms. The Morgan fingerprint density at radius 1 is 1.21 bits per heavy atom. The molecule has 0 aliphatic carbocycles. The van der Waals surface area contributed by atoms with Gasteiger partial charge in [0.05, 0.1) is 12.6 Å². The van der Waals surface area contributed by atoms with Crippen molar-refractivity contribution in [3.63, 3.8) is 0 Å².